The summed E-state index contributed by atoms with van der Waals surface area (Å²) in [6.45, 7) is 1.53. The van der Waals surface area contributed by atoms with Crippen LogP contribution in [0.3, 0.4) is 0 Å². The Morgan fingerprint density at radius 2 is 2.06 bits per heavy atom. The molecule has 0 fully saturated rings. The summed E-state index contributed by atoms with van der Waals surface area (Å²) in [6, 6.07) is 4.35. The molecule has 0 aliphatic carbocycles. The smallest absolute Gasteiger partial charge is 0.335 e. The van der Waals surface area contributed by atoms with Crippen LogP contribution in [0.4, 0.5) is 0 Å². The van der Waals surface area contributed by atoms with E-state index in [0.29, 0.717) is 12.0 Å². The highest BCUT2D eigenvalue weighted by Gasteiger charge is 2.20. The first kappa shape index (κ1) is 15.0. The van der Waals surface area contributed by atoms with Crippen LogP contribution in [0.5, 0.6) is 0 Å². The van der Waals surface area contributed by atoms with Crippen molar-refractivity contribution < 1.29 is 18.3 Å². The highest BCUT2D eigenvalue weighted by molar-refractivity contribution is 7.98. The second kappa shape index (κ2) is 6.24. The third kappa shape index (κ3) is 3.49. The van der Waals surface area contributed by atoms with Crippen molar-refractivity contribution in [1.29, 1.82) is 0 Å². The van der Waals surface area contributed by atoms with E-state index in [1.54, 1.807) is 11.8 Å². The summed E-state index contributed by atoms with van der Waals surface area (Å²) in [6.07, 6.45) is 2.49. The van der Waals surface area contributed by atoms with E-state index in [4.69, 9.17) is 5.11 Å². The van der Waals surface area contributed by atoms with E-state index in [0.717, 1.165) is 5.75 Å². The van der Waals surface area contributed by atoms with Gasteiger partial charge < -0.3 is 5.11 Å². The van der Waals surface area contributed by atoms with Crippen LogP contribution < -0.4 is 0 Å². The second-order valence-electron chi connectivity index (χ2n) is 3.90. The Morgan fingerprint density at radius 3 is 2.61 bits per heavy atom. The van der Waals surface area contributed by atoms with Crippen molar-refractivity contribution in [2.24, 2.45) is 0 Å². The molecule has 1 aromatic rings. The molecule has 0 aliphatic rings. The molecule has 0 amide bonds. The lowest BCUT2D eigenvalue weighted by atomic mass is 10.1. The van der Waals surface area contributed by atoms with E-state index in [1.165, 1.54) is 25.1 Å². The number of carboxylic acid groups (broad SMARTS) is 1. The topological polar surface area (TPSA) is 71.4 Å². The fourth-order valence-corrected chi connectivity index (χ4v) is 3.91. The first-order valence-electron chi connectivity index (χ1n) is 5.44. The van der Waals surface area contributed by atoms with E-state index < -0.39 is 15.8 Å². The summed E-state index contributed by atoms with van der Waals surface area (Å²) in [5, 5.41) is 8.97. The van der Waals surface area contributed by atoms with Crippen molar-refractivity contribution in [3.63, 3.8) is 0 Å². The number of rotatable bonds is 6. The van der Waals surface area contributed by atoms with Crippen molar-refractivity contribution in [1.82, 2.24) is 0 Å². The van der Waals surface area contributed by atoms with Crippen LogP contribution in [0.15, 0.2) is 23.1 Å². The molecule has 0 spiro atoms. The molecule has 0 aliphatic heterocycles. The molecular weight excluding hydrogens is 272 g/mol. The number of hydrogen-bond donors (Lipinski definition) is 1. The first-order valence-corrected chi connectivity index (χ1v) is 8.49. The number of hydrogen-bond acceptors (Lipinski definition) is 4. The lowest BCUT2D eigenvalue weighted by molar-refractivity contribution is 0.0696. The van der Waals surface area contributed by atoms with Crippen LogP contribution in [-0.4, -0.2) is 37.3 Å². The number of aromatic carboxylic acids is 1. The fraction of sp³-hybridized carbons (Fsp3) is 0.417. The van der Waals surface area contributed by atoms with Gasteiger partial charge in [-0.2, -0.15) is 11.8 Å². The van der Waals surface area contributed by atoms with Crippen molar-refractivity contribution in [2.45, 2.75) is 18.2 Å². The average Bonchev–Trinajstić information content (AvgIpc) is 2.28. The molecule has 0 atom stereocenters. The van der Waals surface area contributed by atoms with Gasteiger partial charge in [-0.15, -0.1) is 0 Å². The number of carboxylic acids is 1. The first-order chi connectivity index (χ1) is 8.40. The lowest BCUT2D eigenvalue weighted by Crippen LogP contribution is -2.12. The molecule has 0 saturated carbocycles. The van der Waals surface area contributed by atoms with Gasteiger partial charge in [0.2, 0.25) is 0 Å². The zero-order valence-corrected chi connectivity index (χ0v) is 12.0. The third-order valence-electron chi connectivity index (χ3n) is 2.61. The minimum atomic E-state index is -3.40. The zero-order chi connectivity index (χ0) is 13.8. The fourth-order valence-electron chi connectivity index (χ4n) is 1.69. The normalized spacial score (nSPS) is 11.4. The van der Waals surface area contributed by atoms with E-state index in [9.17, 15) is 13.2 Å². The van der Waals surface area contributed by atoms with Gasteiger partial charge in [0.1, 0.15) is 0 Å². The summed E-state index contributed by atoms with van der Waals surface area (Å²) in [4.78, 5) is 11.1. The number of sulfone groups is 1. The molecule has 0 radical (unpaired) electrons. The Balaban J connectivity index is 3.09. The van der Waals surface area contributed by atoms with Crippen LogP contribution in [-0.2, 0) is 9.84 Å². The Morgan fingerprint density at radius 1 is 1.39 bits per heavy atom. The van der Waals surface area contributed by atoms with Gasteiger partial charge in [0.15, 0.2) is 9.84 Å². The van der Waals surface area contributed by atoms with Gasteiger partial charge in [0, 0.05) is 0 Å². The van der Waals surface area contributed by atoms with Crippen molar-refractivity contribution in [2.75, 3.05) is 17.8 Å². The van der Waals surface area contributed by atoms with E-state index in [1.807, 2.05) is 6.26 Å². The summed E-state index contributed by atoms with van der Waals surface area (Å²) in [5.74, 6) is -0.275. The van der Waals surface area contributed by atoms with Crippen molar-refractivity contribution in [3.05, 3.63) is 29.3 Å². The molecule has 18 heavy (non-hydrogen) atoms. The standard InChI is InChI=1S/C12H16O4S2/c1-9-10(12(13)14)5-3-6-11(9)18(15,16)8-4-7-17-2/h3,5-6H,4,7-8H2,1-2H3,(H,13,14). The Hall–Kier alpha value is -1.01. The van der Waals surface area contributed by atoms with Gasteiger partial charge in [-0.3, -0.25) is 0 Å². The maximum absolute atomic E-state index is 12.1. The largest absolute Gasteiger partial charge is 0.478 e. The molecule has 0 saturated heterocycles. The molecule has 0 unspecified atom stereocenters. The van der Waals surface area contributed by atoms with E-state index in [2.05, 4.69) is 0 Å². The average molecular weight is 288 g/mol. The van der Waals surface area contributed by atoms with Gasteiger partial charge in [0.05, 0.1) is 16.2 Å². The lowest BCUT2D eigenvalue weighted by Gasteiger charge is -2.09. The molecule has 100 valence electrons. The van der Waals surface area contributed by atoms with Crippen molar-refractivity contribution >= 4 is 27.6 Å². The summed E-state index contributed by atoms with van der Waals surface area (Å²) in [5.41, 5.74) is 0.357. The quantitative estimate of drug-likeness (QED) is 0.813. The molecule has 6 heteroatoms. The predicted molar refractivity (Wildman–Crippen MR) is 73.2 cm³/mol. The molecule has 0 bridgehead atoms. The van der Waals surface area contributed by atoms with Crippen LogP contribution >= 0.6 is 11.8 Å². The highest BCUT2D eigenvalue weighted by Crippen LogP contribution is 2.21. The van der Waals surface area contributed by atoms with Crippen molar-refractivity contribution in [3.8, 4) is 0 Å². The summed E-state index contributed by atoms with van der Waals surface area (Å²) in [7, 11) is -3.40. The summed E-state index contributed by atoms with van der Waals surface area (Å²) >= 11 is 1.59. The SMILES string of the molecule is CSCCCS(=O)(=O)c1cccc(C(=O)O)c1C. The number of benzene rings is 1. The maximum atomic E-state index is 12.1. The maximum Gasteiger partial charge on any atom is 0.335 e. The minimum absolute atomic E-state index is 0.0425. The predicted octanol–water partition coefficient (Wildman–Crippen LogP) is 2.22. The van der Waals surface area contributed by atoms with Gasteiger partial charge in [-0.1, -0.05) is 6.07 Å². The van der Waals surface area contributed by atoms with E-state index in [-0.39, 0.29) is 16.2 Å². The highest BCUT2D eigenvalue weighted by atomic mass is 32.2. The number of thioether (sulfide) groups is 1. The Kier molecular flexibility index (Phi) is 5.22. The second-order valence-corrected chi connectivity index (χ2v) is 6.96. The third-order valence-corrected chi connectivity index (χ3v) is 5.25. The minimum Gasteiger partial charge on any atom is -0.478 e. The van der Waals surface area contributed by atoms with Gasteiger partial charge in [0.25, 0.3) is 0 Å². The zero-order valence-electron chi connectivity index (χ0n) is 10.3. The molecular formula is C12H16O4S2. The van der Waals surface area contributed by atoms with E-state index >= 15 is 0 Å². The monoisotopic (exact) mass is 288 g/mol. The Labute approximate surface area is 111 Å². The number of carbonyl (C=O) groups is 1. The van der Waals surface area contributed by atoms with Crippen LogP contribution in [0.2, 0.25) is 0 Å². The molecule has 1 rings (SSSR count). The molecule has 0 heterocycles. The van der Waals surface area contributed by atoms with Crippen LogP contribution in [0.25, 0.3) is 0 Å². The summed E-state index contributed by atoms with van der Waals surface area (Å²) < 4.78 is 24.2. The van der Waals surface area contributed by atoms with Gasteiger partial charge >= 0.3 is 5.97 Å². The molecule has 4 nitrogen and oxygen atoms in total. The Bertz CT molecular complexity index is 535. The van der Waals surface area contributed by atoms with Gasteiger partial charge in [-0.25, -0.2) is 13.2 Å². The molecule has 0 aromatic heterocycles. The molecule has 1 aromatic carbocycles. The van der Waals surface area contributed by atoms with Crippen LogP contribution in [0.1, 0.15) is 22.3 Å². The molecule has 1 N–H and O–H groups in total. The van der Waals surface area contributed by atoms with Crippen LogP contribution in [0, 0.1) is 6.92 Å². The van der Waals surface area contributed by atoms with Gasteiger partial charge in [-0.05, 0) is 43.0 Å².